The number of nitrogens with zero attached hydrogens (tertiary/aromatic N) is 3. The minimum atomic E-state index is 0.721. The Morgan fingerprint density at radius 1 is 1.42 bits per heavy atom. The van der Waals surface area contributed by atoms with Crippen molar-refractivity contribution in [3.05, 3.63) is 23.5 Å². The second-order valence-corrected chi connectivity index (χ2v) is 6.88. The fourth-order valence-corrected chi connectivity index (χ4v) is 4.34. The van der Waals surface area contributed by atoms with Gasteiger partial charge in [0.1, 0.15) is 0 Å². The van der Waals surface area contributed by atoms with Crippen molar-refractivity contribution in [3.8, 4) is 0 Å². The molecular formula is C14H20N4S. The van der Waals surface area contributed by atoms with Crippen molar-refractivity contribution in [2.75, 3.05) is 7.05 Å². The summed E-state index contributed by atoms with van der Waals surface area (Å²) in [6.07, 6.45) is 9.59. The molecule has 0 amide bonds. The van der Waals surface area contributed by atoms with Gasteiger partial charge in [0.25, 0.3) is 0 Å². The van der Waals surface area contributed by atoms with Gasteiger partial charge in [0.05, 0.1) is 5.69 Å². The van der Waals surface area contributed by atoms with Crippen LogP contribution in [0.4, 0.5) is 0 Å². The summed E-state index contributed by atoms with van der Waals surface area (Å²) >= 11 is 1.70. The number of thiazole rings is 1. The molecule has 2 bridgehead atoms. The van der Waals surface area contributed by atoms with E-state index in [4.69, 9.17) is 0 Å². The highest BCUT2D eigenvalue weighted by atomic mass is 32.1. The van der Waals surface area contributed by atoms with Gasteiger partial charge in [-0.3, -0.25) is 9.30 Å². The van der Waals surface area contributed by atoms with E-state index in [-0.39, 0.29) is 0 Å². The fraction of sp³-hybridized carbons (Fsp3) is 0.643. The Balaban J connectivity index is 1.45. The van der Waals surface area contributed by atoms with Crippen LogP contribution < -0.4 is 5.32 Å². The van der Waals surface area contributed by atoms with Gasteiger partial charge in [0, 0.05) is 42.4 Å². The molecule has 19 heavy (non-hydrogen) atoms. The number of hydrogen-bond acceptors (Lipinski definition) is 4. The number of imidazole rings is 1. The molecule has 0 radical (unpaired) electrons. The normalized spacial score (nSPS) is 30.5. The minimum absolute atomic E-state index is 0.721. The smallest absolute Gasteiger partial charge is 0.193 e. The van der Waals surface area contributed by atoms with E-state index in [9.17, 15) is 0 Å². The molecule has 0 aromatic carbocycles. The first-order chi connectivity index (χ1) is 9.28. The van der Waals surface area contributed by atoms with Crippen LogP contribution in [-0.2, 0) is 6.54 Å². The Morgan fingerprint density at radius 3 is 2.95 bits per heavy atom. The van der Waals surface area contributed by atoms with Crippen molar-refractivity contribution in [3.63, 3.8) is 0 Å². The maximum atomic E-state index is 4.69. The first-order valence-corrected chi connectivity index (χ1v) is 8.03. The van der Waals surface area contributed by atoms with E-state index < -0.39 is 0 Å². The molecule has 2 unspecified atom stereocenters. The van der Waals surface area contributed by atoms with Crippen LogP contribution in [0.25, 0.3) is 4.96 Å². The molecule has 4 heterocycles. The molecule has 0 aliphatic carbocycles. The summed E-state index contributed by atoms with van der Waals surface area (Å²) in [4.78, 5) is 8.29. The topological polar surface area (TPSA) is 32.6 Å². The quantitative estimate of drug-likeness (QED) is 0.932. The maximum absolute atomic E-state index is 4.69. The number of fused-ring (bicyclic) bond motifs is 3. The number of hydrogen-bond donors (Lipinski definition) is 1. The zero-order valence-corrected chi connectivity index (χ0v) is 12.1. The molecular weight excluding hydrogens is 256 g/mol. The van der Waals surface area contributed by atoms with E-state index in [1.807, 2.05) is 0 Å². The minimum Gasteiger partial charge on any atom is -0.311 e. The van der Waals surface area contributed by atoms with Gasteiger partial charge >= 0.3 is 0 Å². The van der Waals surface area contributed by atoms with Crippen LogP contribution >= 0.6 is 11.3 Å². The molecule has 0 saturated carbocycles. The molecule has 102 valence electrons. The van der Waals surface area contributed by atoms with Crippen LogP contribution in [0.2, 0.25) is 0 Å². The molecule has 2 aliphatic rings. The predicted octanol–water partition coefficient (Wildman–Crippen LogP) is 2.11. The molecule has 2 aromatic rings. The van der Waals surface area contributed by atoms with Crippen LogP contribution in [0.1, 0.15) is 31.4 Å². The monoisotopic (exact) mass is 276 g/mol. The largest absolute Gasteiger partial charge is 0.311 e. The Hall–Kier alpha value is -0.910. The van der Waals surface area contributed by atoms with E-state index in [1.165, 1.54) is 31.4 Å². The van der Waals surface area contributed by atoms with Crippen LogP contribution in [0.15, 0.2) is 17.8 Å². The van der Waals surface area contributed by atoms with Gasteiger partial charge in [0.15, 0.2) is 4.96 Å². The third-order valence-corrected chi connectivity index (χ3v) is 5.40. The molecule has 0 spiro atoms. The van der Waals surface area contributed by atoms with Gasteiger partial charge in [-0.1, -0.05) is 0 Å². The molecule has 2 saturated heterocycles. The standard InChI is InChI=1S/C14H20N4S/c1-17(13-6-10-2-3-11(7-13)15-10)8-12-9-18-4-5-19-14(18)16-12/h4-5,9-11,13,15H,2-3,6-8H2,1H3. The number of nitrogens with one attached hydrogen (secondary N) is 1. The Morgan fingerprint density at radius 2 is 2.21 bits per heavy atom. The van der Waals surface area contributed by atoms with Crippen LogP contribution in [0.3, 0.4) is 0 Å². The summed E-state index contributed by atoms with van der Waals surface area (Å²) in [5.41, 5.74) is 1.19. The van der Waals surface area contributed by atoms with E-state index in [0.717, 1.165) is 29.6 Å². The first kappa shape index (κ1) is 11.9. The molecule has 4 rings (SSSR count). The molecule has 5 heteroatoms. The van der Waals surface area contributed by atoms with Crippen molar-refractivity contribution in [2.24, 2.45) is 0 Å². The third-order valence-electron chi connectivity index (χ3n) is 4.63. The lowest BCUT2D eigenvalue weighted by atomic mass is 9.98. The number of aromatic nitrogens is 2. The highest BCUT2D eigenvalue weighted by Crippen LogP contribution is 2.29. The average Bonchev–Trinajstić information content (AvgIpc) is 3.04. The summed E-state index contributed by atoms with van der Waals surface area (Å²) in [6.45, 7) is 0.971. The average molecular weight is 276 g/mol. The van der Waals surface area contributed by atoms with E-state index in [2.05, 4.69) is 44.4 Å². The van der Waals surface area contributed by atoms with Crippen LogP contribution in [0.5, 0.6) is 0 Å². The molecule has 2 atom stereocenters. The number of piperidine rings is 1. The van der Waals surface area contributed by atoms with Gasteiger partial charge in [-0.15, -0.1) is 11.3 Å². The van der Waals surface area contributed by atoms with E-state index >= 15 is 0 Å². The van der Waals surface area contributed by atoms with Gasteiger partial charge in [0.2, 0.25) is 0 Å². The second-order valence-electron chi connectivity index (χ2n) is 6.00. The number of rotatable bonds is 3. The van der Waals surface area contributed by atoms with Crippen molar-refractivity contribution in [2.45, 2.75) is 50.4 Å². The van der Waals surface area contributed by atoms with Crippen molar-refractivity contribution in [1.29, 1.82) is 0 Å². The third kappa shape index (κ3) is 2.20. The SMILES string of the molecule is CN(Cc1cn2ccsc2n1)C1CC2CCC(C1)N2. The van der Waals surface area contributed by atoms with Gasteiger partial charge < -0.3 is 5.32 Å². The Labute approximate surface area is 117 Å². The summed E-state index contributed by atoms with van der Waals surface area (Å²) in [5.74, 6) is 0. The zero-order chi connectivity index (χ0) is 12.8. The second kappa shape index (κ2) is 4.58. The maximum Gasteiger partial charge on any atom is 0.193 e. The molecule has 2 aromatic heterocycles. The van der Waals surface area contributed by atoms with Crippen molar-refractivity contribution in [1.82, 2.24) is 19.6 Å². The van der Waals surface area contributed by atoms with Crippen LogP contribution in [0, 0.1) is 0 Å². The predicted molar refractivity (Wildman–Crippen MR) is 77.5 cm³/mol. The Kier molecular flexibility index (Phi) is 2.86. The molecule has 4 nitrogen and oxygen atoms in total. The highest BCUT2D eigenvalue weighted by Gasteiger charge is 2.35. The summed E-state index contributed by atoms with van der Waals surface area (Å²) < 4.78 is 2.12. The van der Waals surface area contributed by atoms with Crippen molar-refractivity contribution < 1.29 is 0 Å². The van der Waals surface area contributed by atoms with E-state index in [0.29, 0.717) is 0 Å². The Bertz CT molecular complexity index is 534. The van der Waals surface area contributed by atoms with Gasteiger partial charge in [-0.05, 0) is 32.7 Å². The first-order valence-electron chi connectivity index (χ1n) is 7.15. The summed E-state index contributed by atoms with van der Waals surface area (Å²) in [5, 5.41) is 5.80. The summed E-state index contributed by atoms with van der Waals surface area (Å²) in [7, 11) is 2.25. The summed E-state index contributed by atoms with van der Waals surface area (Å²) in [6, 6.07) is 2.24. The van der Waals surface area contributed by atoms with Gasteiger partial charge in [-0.25, -0.2) is 4.98 Å². The highest BCUT2D eigenvalue weighted by molar-refractivity contribution is 7.15. The van der Waals surface area contributed by atoms with Crippen LogP contribution in [-0.4, -0.2) is 39.5 Å². The lowest BCUT2D eigenvalue weighted by molar-refractivity contribution is 0.164. The lowest BCUT2D eigenvalue weighted by Crippen LogP contribution is -2.46. The van der Waals surface area contributed by atoms with Gasteiger partial charge in [-0.2, -0.15) is 0 Å². The zero-order valence-electron chi connectivity index (χ0n) is 11.2. The van der Waals surface area contributed by atoms with E-state index in [1.54, 1.807) is 11.3 Å². The lowest BCUT2D eigenvalue weighted by Gasteiger charge is -2.35. The molecule has 2 aliphatic heterocycles. The molecule has 1 N–H and O–H groups in total. The van der Waals surface area contributed by atoms with Crippen molar-refractivity contribution >= 4 is 16.3 Å². The fourth-order valence-electron chi connectivity index (χ4n) is 3.62. The molecule has 2 fully saturated rings.